The van der Waals surface area contributed by atoms with Crippen molar-refractivity contribution in [3.63, 3.8) is 0 Å². The Labute approximate surface area is 127 Å². The van der Waals surface area contributed by atoms with Crippen LogP contribution in [0.4, 0.5) is 5.82 Å². The second-order valence-corrected chi connectivity index (χ2v) is 5.89. The van der Waals surface area contributed by atoms with Gasteiger partial charge in [-0.3, -0.25) is 0 Å². The van der Waals surface area contributed by atoms with Gasteiger partial charge in [0.15, 0.2) is 0 Å². The molecule has 21 heavy (non-hydrogen) atoms. The summed E-state index contributed by atoms with van der Waals surface area (Å²) < 4.78 is 0. The standard InChI is InChI=1S/C18H25N3/c1-7-19-18-14(6)16(20-17(21-18)11(2)3)15-9-8-12(4)13(5)10-15/h8-11H,7H2,1-6H3,(H,19,20,21). The number of aromatic nitrogens is 2. The summed E-state index contributed by atoms with van der Waals surface area (Å²) in [6.07, 6.45) is 0. The van der Waals surface area contributed by atoms with Crippen molar-refractivity contribution in [3.05, 3.63) is 40.7 Å². The lowest BCUT2D eigenvalue weighted by atomic mass is 10.0. The fourth-order valence-electron chi connectivity index (χ4n) is 2.30. The number of anilines is 1. The number of aryl methyl sites for hydroxylation is 2. The Hall–Kier alpha value is -1.90. The Morgan fingerprint density at radius 2 is 1.76 bits per heavy atom. The molecule has 0 spiro atoms. The van der Waals surface area contributed by atoms with Gasteiger partial charge in [-0.15, -0.1) is 0 Å². The number of nitrogens with zero attached hydrogens (tertiary/aromatic N) is 2. The molecule has 0 saturated carbocycles. The lowest BCUT2D eigenvalue weighted by molar-refractivity contribution is 0.774. The third-order valence-electron chi connectivity index (χ3n) is 3.80. The molecule has 3 heteroatoms. The Kier molecular flexibility index (Phi) is 4.61. The van der Waals surface area contributed by atoms with Crippen LogP contribution in [0.1, 0.15) is 49.2 Å². The first-order chi connectivity index (χ1) is 9.93. The molecule has 0 fully saturated rings. The van der Waals surface area contributed by atoms with Crippen LogP contribution in [0.5, 0.6) is 0 Å². The molecule has 0 aliphatic carbocycles. The Bertz CT molecular complexity index is 645. The second kappa shape index (κ2) is 6.25. The molecule has 3 nitrogen and oxygen atoms in total. The molecule has 0 unspecified atom stereocenters. The molecule has 0 atom stereocenters. The second-order valence-electron chi connectivity index (χ2n) is 5.89. The third kappa shape index (κ3) is 3.23. The Morgan fingerprint density at radius 3 is 2.33 bits per heavy atom. The van der Waals surface area contributed by atoms with E-state index in [1.165, 1.54) is 16.7 Å². The zero-order chi connectivity index (χ0) is 15.6. The van der Waals surface area contributed by atoms with Gasteiger partial charge < -0.3 is 5.32 Å². The van der Waals surface area contributed by atoms with Crippen molar-refractivity contribution >= 4 is 5.82 Å². The molecule has 1 aromatic heterocycles. The minimum absolute atomic E-state index is 0.313. The van der Waals surface area contributed by atoms with Crippen LogP contribution in [0.2, 0.25) is 0 Å². The first-order valence-electron chi connectivity index (χ1n) is 7.64. The summed E-state index contributed by atoms with van der Waals surface area (Å²) in [5.74, 6) is 2.16. The predicted molar refractivity (Wildman–Crippen MR) is 89.9 cm³/mol. The van der Waals surface area contributed by atoms with Crippen molar-refractivity contribution in [1.82, 2.24) is 9.97 Å². The molecular weight excluding hydrogens is 258 g/mol. The van der Waals surface area contributed by atoms with E-state index in [2.05, 4.69) is 70.0 Å². The van der Waals surface area contributed by atoms with E-state index in [1.54, 1.807) is 0 Å². The smallest absolute Gasteiger partial charge is 0.133 e. The van der Waals surface area contributed by atoms with Crippen LogP contribution in [0.15, 0.2) is 18.2 Å². The zero-order valence-corrected chi connectivity index (χ0v) is 13.9. The first kappa shape index (κ1) is 15.5. The van der Waals surface area contributed by atoms with Gasteiger partial charge in [0.05, 0.1) is 5.69 Å². The summed E-state index contributed by atoms with van der Waals surface area (Å²) in [4.78, 5) is 9.47. The molecule has 0 radical (unpaired) electrons. The largest absolute Gasteiger partial charge is 0.370 e. The van der Waals surface area contributed by atoms with Gasteiger partial charge in [-0.2, -0.15) is 0 Å². The third-order valence-corrected chi connectivity index (χ3v) is 3.80. The average Bonchev–Trinajstić information content (AvgIpc) is 2.44. The van der Waals surface area contributed by atoms with Crippen LogP contribution in [0.25, 0.3) is 11.3 Å². The molecule has 1 heterocycles. The maximum Gasteiger partial charge on any atom is 0.133 e. The van der Waals surface area contributed by atoms with Crippen LogP contribution in [0.3, 0.4) is 0 Å². The molecule has 112 valence electrons. The molecule has 0 amide bonds. The summed E-state index contributed by atoms with van der Waals surface area (Å²) >= 11 is 0. The first-order valence-corrected chi connectivity index (χ1v) is 7.64. The van der Waals surface area contributed by atoms with E-state index < -0.39 is 0 Å². The van der Waals surface area contributed by atoms with Crippen LogP contribution in [0, 0.1) is 20.8 Å². The molecule has 0 bridgehead atoms. The number of hydrogen-bond donors (Lipinski definition) is 1. The molecule has 0 aliphatic rings. The maximum atomic E-state index is 4.80. The van der Waals surface area contributed by atoms with Gasteiger partial charge in [0.1, 0.15) is 11.6 Å². The summed E-state index contributed by atoms with van der Waals surface area (Å²) in [5, 5.41) is 3.36. The molecular formula is C18H25N3. The van der Waals surface area contributed by atoms with Gasteiger partial charge >= 0.3 is 0 Å². The lowest BCUT2D eigenvalue weighted by Gasteiger charge is -2.15. The Morgan fingerprint density at radius 1 is 1.05 bits per heavy atom. The van der Waals surface area contributed by atoms with E-state index >= 15 is 0 Å². The molecule has 2 aromatic rings. The van der Waals surface area contributed by atoms with Crippen molar-refractivity contribution in [2.75, 3.05) is 11.9 Å². The molecule has 2 rings (SSSR count). The van der Waals surface area contributed by atoms with Crippen LogP contribution in [-0.4, -0.2) is 16.5 Å². The lowest BCUT2D eigenvalue weighted by Crippen LogP contribution is -2.09. The molecule has 0 saturated heterocycles. The topological polar surface area (TPSA) is 37.8 Å². The van der Waals surface area contributed by atoms with Gasteiger partial charge in [-0.25, -0.2) is 9.97 Å². The van der Waals surface area contributed by atoms with Crippen molar-refractivity contribution in [1.29, 1.82) is 0 Å². The minimum Gasteiger partial charge on any atom is -0.370 e. The van der Waals surface area contributed by atoms with E-state index in [4.69, 9.17) is 4.98 Å². The zero-order valence-electron chi connectivity index (χ0n) is 13.9. The highest BCUT2D eigenvalue weighted by Gasteiger charge is 2.14. The van der Waals surface area contributed by atoms with Gasteiger partial charge in [-0.05, 0) is 44.9 Å². The monoisotopic (exact) mass is 283 g/mol. The van der Waals surface area contributed by atoms with E-state index in [0.29, 0.717) is 5.92 Å². The van der Waals surface area contributed by atoms with Crippen molar-refractivity contribution in [3.8, 4) is 11.3 Å². The highest BCUT2D eigenvalue weighted by atomic mass is 15.0. The summed E-state index contributed by atoms with van der Waals surface area (Å²) in [7, 11) is 0. The highest BCUT2D eigenvalue weighted by Crippen LogP contribution is 2.28. The highest BCUT2D eigenvalue weighted by molar-refractivity contribution is 5.69. The van der Waals surface area contributed by atoms with Crippen LogP contribution < -0.4 is 5.32 Å². The number of hydrogen-bond acceptors (Lipinski definition) is 3. The van der Waals surface area contributed by atoms with Crippen molar-refractivity contribution in [2.24, 2.45) is 0 Å². The fourth-order valence-corrected chi connectivity index (χ4v) is 2.30. The van der Waals surface area contributed by atoms with Gasteiger partial charge in [0.25, 0.3) is 0 Å². The quantitative estimate of drug-likeness (QED) is 0.889. The average molecular weight is 283 g/mol. The number of benzene rings is 1. The maximum absolute atomic E-state index is 4.80. The van der Waals surface area contributed by atoms with E-state index in [9.17, 15) is 0 Å². The molecule has 1 N–H and O–H groups in total. The Balaban J connectivity index is 2.62. The summed E-state index contributed by atoms with van der Waals surface area (Å²) in [6.45, 7) is 13.6. The number of rotatable bonds is 4. The van der Waals surface area contributed by atoms with Crippen molar-refractivity contribution < 1.29 is 0 Å². The van der Waals surface area contributed by atoms with E-state index in [-0.39, 0.29) is 0 Å². The summed E-state index contributed by atoms with van der Waals surface area (Å²) in [6, 6.07) is 6.52. The fraction of sp³-hybridized carbons (Fsp3) is 0.444. The minimum atomic E-state index is 0.313. The van der Waals surface area contributed by atoms with Gasteiger partial charge in [-0.1, -0.05) is 26.0 Å². The van der Waals surface area contributed by atoms with Gasteiger partial charge in [0.2, 0.25) is 0 Å². The van der Waals surface area contributed by atoms with E-state index in [1.807, 2.05) is 0 Å². The van der Waals surface area contributed by atoms with Crippen LogP contribution in [-0.2, 0) is 0 Å². The van der Waals surface area contributed by atoms with Gasteiger partial charge in [0, 0.05) is 23.6 Å². The van der Waals surface area contributed by atoms with Crippen LogP contribution >= 0.6 is 0 Å². The predicted octanol–water partition coefficient (Wildman–Crippen LogP) is 4.62. The summed E-state index contributed by atoms with van der Waals surface area (Å²) in [5.41, 5.74) is 5.92. The molecule has 1 aromatic carbocycles. The number of nitrogens with one attached hydrogen (secondary N) is 1. The van der Waals surface area contributed by atoms with Crippen molar-refractivity contribution in [2.45, 2.75) is 47.5 Å². The normalized spacial score (nSPS) is 11.0. The SMILES string of the molecule is CCNc1nc(C(C)C)nc(-c2ccc(C)c(C)c2)c1C. The van der Waals surface area contributed by atoms with E-state index in [0.717, 1.165) is 29.4 Å². The molecule has 0 aliphatic heterocycles.